The molecule has 0 aromatic heterocycles. The summed E-state index contributed by atoms with van der Waals surface area (Å²) in [6.07, 6.45) is -0.239. The number of benzene rings is 2. The molecule has 4 atom stereocenters. The fourth-order valence-electron chi connectivity index (χ4n) is 4.10. The van der Waals surface area contributed by atoms with Crippen LogP contribution in [-0.4, -0.2) is 36.1 Å². The lowest BCUT2D eigenvalue weighted by atomic mass is 9.95. The van der Waals surface area contributed by atoms with Crippen LogP contribution in [0.3, 0.4) is 0 Å². The first kappa shape index (κ1) is 18.0. The Labute approximate surface area is 156 Å². The van der Waals surface area contributed by atoms with Crippen molar-refractivity contribution in [3.63, 3.8) is 0 Å². The standard InChI is InChI=1S/C21H21F3N2O/c22-12-8-13(25)11-26(10-12)21(27)17-9-16(17)14-4-1-2-5-15(14)20-18(23)6-3-7-19(20)24/h1-7,12-13,16-17H,8-11,25H2/t12-,13+,16+,17-/m1/s1. The zero-order valence-electron chi connectivity index (χ0n) is 14.7. The summed E-state index contributed by atoms with van der Waals surface area (Å²) >= 11 is 0. The van der Waals surface area contributed by atoms with Crippen LogP contribution >= 0.6 is 0 Å². The second kappa shape index (κ2) is 7.00. The first-order valence-corrected chi connectivity index (χ1v) is 9.17. The van der Waals surface area contributed by atoms with Crippen LogP contribution in [0.2, 0.25) is 0 Å². The zero-order valence-corrected chi connectivity index (χ0v) is 14.7. The van der Waals surface area contributed by atoms with Gasteiger partial charge in [0.05, 0.1) is 12.1 Å². The summed E-state index contributed by atoms with van der Waals surface area (Å²) in [7, 11) is 0. The van der Waals surface area contributed by atoms with E-state index in [-0.39, 0.29) is 42.3 Å². The summed E-state index contributed by atoms with van der Waals surface area (Å²) in [4.78, 5) is 14.3. The van der Waals surface area contributed by atoms with E-state index >= 15 is 0 Å². The average molecular weight is 374 g/mol. The van der Waals surface area contributed by atoms with E-state index in [4.69, 9.17) is 5.73 Å². The molecule has 1 saturated carbocycles. The molecule has 2 N–H and O–H groups in total. The summed E-state index contributed by atoms with van der Waals surface area (Å²) in [5, 5.41) is 0. The summed E-state index contributed by atoms with van der Waals surface area (Å²) in [5.74, 6) is -1.80. The molecule has 0 spiro atoms. The van der Waals surface area contributed by atoms with Gasteiger partial charge in [-0.25, -0.2) is 13.2 Å². The number of carbonyl (C=O) groups is 1. The van der Waals surface area contributed by atoms with E-state index in [1.807, 2.05) is 0 Å². The van der Waals surface area contributed by atoms with Gasteiger partial charge in [-0.15, -0.1) is 0 Å². The molecule has 6 heteroatoms. The van der Waals surface area contributed by atoms with Crippen LogP contribution in [0.25, 0.3) is 11.1 Å². The molecule has 2 aromatic rings. The van der Waals surface area contributed by atoms with Crippen LogP contribution in [0.1, 0.15) is 24.3 Å². The third-order valence-corrected chi connectivity index (χ3v) is 5.44. The fourth-order valence-corrected chi connectivity index (χ4v) is 4.10. The highest BCUT2D eigenvalue weighted by Crippen LogP contribution is 2.51. The predicted octanol–water partition coefficient (Wildman–Crippen LogP) is 3.63. The number of carbonyl (C=O) groups excluding carboxylic acids is 1. The summed E-state index contributed by atoms with van der Waals surface area (Å²) in [5.41, 5.74) is 6.97. The number of piperidine rings is 1. The Morgan fingerprint density at radius 3 is 2.41 bits per heavy atom. The van der Waals surface area contributed by atoms with E-state index < -0.39 is 17.8 Å². The molecule has 3 nitrogen and oxygen atoms in total. The minimum absolute atomic E-state index is 0.0688. The van der Waals surface area contributed by atoms with E-state index in [1.54, 1.807) is 24.3 Å². The summed E-state index contributed by atoms with van der Waals surface area (Å²) in [6.45, 7) is 0.422. The van der Waals surface area contributed by atoms with Crippen molar-refractivity contribution in [3.8, 4) is 11.1 Å². The van der Waals surface area contributed by atoms with Gasteiger partial charge in [-0.3, -0.25) is 4.79 Å². The van der Waals surface area contributed by atoms with Gasteiger partial charge in [0.15, 0.2) is 0 Å². The second-order valence-corrected chi connectivity index (χ2v) is 7.47. The molecule has 142 valence electrons. The molecule has 2 fully saturated rings. The predicted molar refractivity (Wildman–Crippen MR) is 96.7 cm³/mol. The SMILES string of the molecule is N[C@H]1C[C@@H](F)CN(C(=O)[C@@H]2C[C@H]2c2ccccc2-c2c(F)cccc2F)C1. The third-order valence-electron chi connectivity index (χ3n) is 5.44. The highest BCUT2D eigenvalue weighted by atomic mass is 19.1. The van der Waals surface area contributed by atoms with Gasteiger partial charge in [-0.05, 0) is 42.0 Å². The van der Waals surface area contributed by atoms with E-state index in [0.29, 0.717) is 18.5 Å². The molecule has 27 heavy (non-hydrogen) atoms. The van der Waals surface area contributed by atoms with Crippen molar-refractivity contribution in [3.05, 3.63) is 59.7 Å². The van der Waals surface area contributed by atoms with Gasteiger partial charge in [0.2, 0.25) is 5.91 Å². The lowest BCUT2D eigenvalue weighted by molar-refractivity contribution is -0.135. The van der Waals surface area contributed by atoms with Crippen LogP contribution in [0.5, 0.6) is 0 Å². The van der Waals surface area contributed by atoms with E-state index in [2.05, 4.69) is 0 Å². The number of halogens is 3. The van der Waals surface area contributed by atoms with Gasteiger partial charge in [0.1, 0.15) is 17.8 Å². The molecular weight excluding hydrogens is 353 g/mol. The molecular formula is C21H21F3N2O. The van der Waals surface area contributed by atoms with E-state index in [1.165, 1.54) is 23.1 Å². The van der Waals surface area contributed by atoms with Crippen molar-refractivity contribution in [1.29, 1.82) is 0 Å². The Hall–Kier alpha value is -2.34. The lowest BCUT2D eigenvalue weighted by Gasteiger charge is -2.33. The van der Waals surface area contributed by atoms with Gasteiger partial charge in [-0.2, -0.15) is 0 Å². The zero-order chi connectivity index (χ0) is 19.1. The number of likely N-dealkylation sites (tertiary alicyclic amines) is 1. The molecule has 0 unspecified atom stereocenters. The smallest absolute Gasteiger partial charge is 0.226 e. The first-order chi connectivity index (χ1) is 13.0. The Bertz CT molecular complexity index is 842. The van der Waals surface area contributed by atoms with Crippen molar-refractivity contribution < 1.29 is 18.0 Å². The summed E-state index contributed by atoms with van der Waals surface area (Å²) < 4.78 is 42.3. The van der Waals surface area contributed by atoms with E-state index in [0.717, 1.165) is 5.56 Å². The van der Waals surface area contributed by atoms with Crippen LogP contribution in [-0.2, 0) is 4.79 Å². The molecule has 2 aromatic carbocycles. The minimum atomic E-state index is -1.10. The lowest BCUT2D eigenvalue weighted by Crippen LogP contribution is -2.50. The number of hydrogen-bond donors (Lipinski definition) is 1. The Morgan fingerprint density at radius 2 is 1.70 bits per heavy atom. The number of nitrogens with zero attached hydrogens (tertiary/aromatic N) is 1. The fraction of sp³-hybridized carbons (Fsp3) is 0.381. The van der Waals surface area contributed by atoms with Crippen LogP contribution < -0.4 is 5.73 Å². The van der Waals surface area contributed by atoms with Crippen molar-refractivity contribution in [1.82, 2.24) is 4.90 Å². The molecule has 1 heterocycles. The van der Waals surface area contributed by atoms with E-state index in [9.17, 15) is 18.0 Å². The Kier molecular flexibility index (Phi) is 4.68. The van der Waals surface area contributed by atoms with Crippen LogP contribution in [0.4, 0.5) is 13.2 Å². The summed E-state index contributed by atoms with van der Waals surface area (Å²) in [6, 6.07) is 10.4. The molecule has 0 radical (unpaired) electrons. The molecule has 1 saturated heterocycles. The molecule has 4 rings (SSSR count). The topological polar surface area (TPSA) is 46.3 Å². The normalized spacial score (nSPS) is 27.5. The van der Waals surface area contributed by atoms with Gasteiger partial charge < -0.3 is 10.6 Å². The van der Waals surface area contributed by atoms with Gasteiger partial charge in [-0.1, -0.05) is 30.3 Å². The number of alkyl halides is 1. The maximum Gasteiger partial charge on any atom is 0.226 e. The number of hydrogen-bond acceptors (Lipinski definition) is 2. The van der Waals surface area contributed by atoms with Crippen molar-refractivity contribution in [2.75, 3.05) is 13.1 Å². The van der Waals surface area contributed by atoms with Gasteiger partial charge in [0, 0.05) is 18.5 Å². The molecule has 2 aliphatic rings. The molecule has 1 aliphatic carbocycles. The van der Waals surface area contributed by atoms with Crippen molar-refractivity contribution in [2.24, 2.45) is 11.7 Å². The highest BCUT2D eigenvalue weighted by Gasteiger charge is 2.47. The average Bonchev–Trinajstić information content (AvgIpc) is 3.41. The number of amides is 1. The molecule has 1 aliphatic heterocycles. The maximum absolute atomic E-state index is 14.3. The highest BCUT2D eigenvalue weighted by molar-refractivity contribution is 5.84. The van der Waals surface area contributed by atoms with Crippen LogP contribution in [0, 0.1) is 17.6 Å². The first-order valence-electron chi connectivity index (χ1n) is 9.17. The van der Waals surface area contributed by atoms with Crippen molar-refractivity contribution >= 4 is 5.91 Å². The van der Waals surface area contributed by atoms with Crippen LogP contribution in [0.15, 0.2) is 42.5 Å². The Balaban J connectivity index is 1.59. The monoisotopic (exact) mass is 374 g/mol. The van der Waals surface area contributed by atoms with Crippen molar-refractivity contribution in [2.45, 2.75) is 31.0 Å². The minimum Gasteiger partial charge on any atom is -0.338 e. The number of rotatable bonds is 3. The largest absolute Gasteiger partial charge is 0.338 e. The van der Waals surface area contributed by atoms with Gasteiger partial charge in [0.25, 0.3) is 0 Å². The third kappa shape index (κ3) is 3.46. The second-order valence-electron chi connectivity index (χ2n) is 7.47. The molecule has 0 bridgehead atoms. The maximum atomic E-state index is 14.3. The quantitative estimate of drug-likeness (QED) is 0.892. The number of nitrogens with two attached hydrogens (primary N) is 1. The van der Waals surface area contributed by atoms with Gasteiger partial charge >= 0.3 is 0 Å². The Morgan fingerprint density at radius 1 is 1.00 bits per heavy atom. The molecule has 1 amide bonds.